The Morgan fingerprint density at radius 2 is 1.21 bits per heavy atom. The molecule has 19 heavy (non-hydrogen) atoms. The Labute approximate surface area is 130 Å². The third-order valence-electron chi connectivity index (χ3n) is 2.71. The van der Waals surface area contributed by atoms with Gasteiger partial charge >= 0.3 is 0 Å². The van der Waals surface area contributed by atoms with Crippen molar-refractivity contribution in [2.75, 3.05) is 6.79 Å². The van der Waals surface area contributed by atoms with Crippen LogP contribution < -0.4 is 9.47 Å². The Kier molecular flexibility index (Phi) is 4.88. The van der Waals surface area contributed by atoms with E-state index < -0.39 is 0 Å². The Bertz CT molecular complexity index is 531. The molecule has 0 fully saturated rings. The van der Waals surface area contributed by atoms with Gasteiger partial charge in [-0.05, 0) is 61.4 Å². The van der Waals surface area contributed by atoms with E-state index in [0.717, 1.165) is 31.6 Å². The van der Waals surface area contributed by atoms with Gasteiger partial charge in [-0.2, -0.15) is 0 Å². The lowest BCUT2D eigenvalue weighted by molar-refractivity contribution is 0.119. The van der Waals surface area contributed by atoms with Crippen molar-refractivity contribution < 1.29 is 9.47 Å². The van der Waals surface area contributed by atoms with Gasteiger partial charge in [-0.3, -0.25) is 0 Å². The van der Waals surface area contributed by atoms with Crippen LogP contribution in [0.1, 0.15) is 11.1 Å². The summed E-state index contributed by atoms with van der Waals surface area (Å²) in [6.07, 6.45) is 0. The van der Waals surface area contributed by atoms with Crippen LogP contribution in [0, 0.1) is 13.8 Å². The van der Waals surface area contributed by atoms with Crippen LogP contribution in [0.15, 0.2) is 45.3 Å². The van der Waals surface area contributed by atoms with Crippen LogP contribution in [-0.4, -0.2) is 6.79 Å². The molecule has 2 rings (SSSR count). The molecule has 0 amide bonds. The van der Waals surface area contributed by atoms with Crippen molar-refractivity contribution in [3.63, 3.8) is 0 Å². The molecule has 0 unspecified atom stereocenters. The first-order chi connectivity index (χ1) is 9.06. The molecule has 0 aliphatic carbocycles. The van der Waals surface area contributed by atoms with Gasteiger partial charge in [0.1, 0.15) is 11.5 Å². The van der Waals surface area contributed by atoms with Gasteiger partial charge in [-0.25, -0.2) is 0 Å². The van der Waals surface area contributed by atoms with E-state index in [9.17, 15) is 0 Å². The predicted molar refractivity (Wildman–Crippen MR) is 83.9 cm³/mol. The van der Waals surface area contributed by atoms with Crippen LogP contribution in [0.5, 0.6) is 11.5 Å². The third kappa shape index (κ3) is 3.98. The number of benzene rings is 2. The Hall–Kier alpha value is -1.00. The van der Waals surface area contributed by atoms with E-state index >= 15 is 0 Å². The molecule has 0 saturated heterocycles. The average molecular weight is 386 g/mol. The van der Waals surface area contributed by atoms with E-state index in [-0.39, 0.29) is 6.79 Å². The summed E-state index contributed by atoms with van der Waals surface area (Å²) in [5, 5.41) is 0. The van der Waals surface area contributed by atoms with Crippen LogP contribution in [0.2, 0.25) is 0 Å². The number of hydrogen-bond acceptors (Lipinski definition) is 2. The molecule has 0 atom stereocenters. The fourth-order valence-electron chi connectivity index (χ4n) is 1.58. The largest absolute Gasteiger partial charge is 0.457 e. The first-order valence-electron chi connectivity index (χ1n) is 5.84. The van der Waals surface area contributed by atoms with Crippen LogP contribution in [0.4, 0.5) is 0 Å². The summed E-state index contributed by atoms with van der Waals surface area (Å²) in [6.45, 7) is 4.24. The lowest BCUT2D eigenvalue weighted by Gasteiger charge is -2.10. The van der Waals surface area contributed by atoms with Gasteiger partial charge in [0.15, 0.2) is 0 Å². The molecule has 0 aromatic heterocycles. The van der Waals surface area contributed by atoms with Gasteiger partial charge in [0, 0.05) is 8.95 Å². The van der Waals surface area contributed by atoms with Crippen molar-refractivity contribution in [1.29, 1.82) is 0 Å². The smallest absolute Gasteiger partial charge is 0.230 e. The summed E-state index contributed by atoms with van der Waals surface area (Å²) in [4.78, 5) is 0. The van der Waals surface area contributed by atoms with E-state index in [4.69, 9.17) is 9.47 Å². The maximum atomic E-state index is 5.56. The molecule has 0 radical (unpaired) electrons. The highest BCUT2D eigenvalue weighted by atomic mass is 79.9. The van der Waals surface area contributed by atoms with Gasteiger partial charge in [-0.15, -0.1) is 0 Å². The molecule has 0 N–H and O–H groups in total. The molecule has 0 spiro atoms. The summed E-state index contributed by atoms with van der Waals surface area (Å²) in [6, 6.07) is 11.7. The molecule has 0 heterocycles. The lowest BCUT2D eigenvalue weighted by atomic mass is 10.2. The highest BCUT2D eigenvalue weighted by Crippen LogP contribution is 2.23. The van der Waals surface area contributed by atoms with Crippen LogP contribution in [0.25, 0.3) is 0 Å². The molecular weight excluding hydrogens is 372 g/mol. The van der Waals surface area contributed by atoms with E-state index in [1.807, 2.05) is 50.2 Å². The first kappa shape index (κ1) is 14.4. The zero-order chi connectivity index (χ0) is 13.8. The number of aryl methyl sites for hydroxylation is 2. The molecule has 0 aliphatic heterocycles. The zero-order valence-electron chi connectivity index (χ0n) is 10.7. The zero-order valence-corrected chi connectivity index (χ0v) is 13.9. The summed E-state index contributed by atoms with van der Waals surface area (Å²) < 4.78 is 13.3. The fourth-order valence-corrected chi connectivity index (χ4v) is 2.07. The molecule has 2 nitrogen and oxygen atoms in total. The summed E-state index contributed by atoms with van der Waals surface area (Å²) in [7, 11) is 0. The molecule has 0 aliphatic rings. The average Bonchev–Trinajstić information content (AvgIpc) is 2.38. The maximum absolute atomic E-state index is 5.56. The molecule has 0 saturated carbocycles. The fraction of sp³-hybridized carbons (Fsp3) is 0.200. The number of halogens is 2. The minimum Gasteiger partial charge on any atom is -0.457 e. The highest BCUT2D eigenvalue weighted by molar-refractivity contribution is 9.10. The van der Waals surface area contributed by atoms with Gasteiger partial charge < -0.3 is 9.47 Å². The van der Waals surface area contributed by atoms with E-state index in [1.54, 1.807) is 0 Å². The lowest BCUT2D eigenvalue weighted by Crippen LogP contribution is -2.05. The first-order valence-corrected chi connectivity index (χ1v) is 7.43. The van der Waals surface area contributed by atoms with Gasteiger partial charge in [-0.1, -0.05) is 31.9 Å². The van der Waals surface area contributed by atoms with Crippen LogP contribution in [0.3, 0.4) is 0 Å². The SMILES string of the molecule is Cc1cc(OCOc2ccc(Br)c(C)c2)ccc1Br. The molecular formula is C15H14Br2O2. The van der Waals surface area contributed by atoms with Crippen molar-refractivity contribution in [2.24, 2.45) is 0 Å². The summed E-state index contributed by atoms with van der Waals surface area (Å²) in [5.41, 5.74) is 2.27. The van der Waals surface area contributed by atoms with Gasteiger partial charge in [0.25, 0.3) is 0 Å². The molecule has 4 heteroatoms. The Morgan fingerprint density at radius 3 is 1.58 bits per heavy atom. The highest BCUT2D eigenvalue weighted by Gasteiger charge is 2.00. The summed E-state index contributed by atoms with van der Waals surface area (Å²) >= 11 is 6.92. The second-order valence-corrected chi connectivity index (χ2v) is 5.94. The molecule has 100 valence electrons. The van der Waals surface area contributed by atoms with Crippen LogP contribution >= 0.6 is 31.9 Å². The summed E-state index contributed by atoms with van der Waals surface area (Å²) in [5.74, 6) is 1.60. The molecule has 0 bridgehead atoms. The Morgan fingerprint density at radius 1 is 0.789 bits per heavy atom. The van der Waals surface area contributed by atoms with Crippen LogP contribution in [-0.2, 0) is 0 Å². The van der Waals surface area contributed by atoms with Crippen molar-refractivity contribution in [3.8, 4) is 11.5 Å². The van der Waals surface area contributed by atoms with Crippen molar-refractivity contribution in [3.05, 3.63) is 56.5 Å². The number of hydrogen-bond donors (Lipinski definition) is 0. The third-order valence-corrected chi connectivity index (χ3v) is 4.49. The van der Waals surface area contributed by atoms with E-state index in [1.165, 1.54) is 0 Å². The Balaban J connectivity index is 1.92. The predicted octanol–water partition coefficient (Wildman–Crippen LogP) is 5.24. The monoisotopic (exact) mass is 384 g/mol. The van der Waals surface area contributed by atoms with Gasteiger partial charge in [0.2, 0.25) is 6.79 Å². The van der Waals surface area contributed by atoms with E-state index in [2.05, 4.69) is 31.9 Å². The number of ether oxygens (including phenoxy) is 2. The second-order valence-electron chi connectivity index (χ2n) is 4.23. The molecule has 2 aromatic carbocycles. The standard InChI is InChI=1S/C15H14Br2O2/c1-10-7-12(3-5-14(10)16)18-9-19-13-4-6-15(17)11(2)8-13/h3-8H,9H2,1-2H3. The quantitative estimate of drug-likeness (QED) is 0.669. The van der Waals surface area contributed by atoms with E-state index in [0.29, 0.717) is 0 Å². The normalized spacial score (nSPS) is 10.3. The van der Waals surface area contributed by atoms with Crippen molar-refractivity contribution in [2.45, 2.75) is 13.8 Å². The minimum atomic E-state index is 0.197. The maximum Gasteiger partial charge on any atom is 0.230 e. The van der Waals surface area contributed by atoms with Crippen molar-refractivity contribution in [1.82, 2.24) is 0 Å². The second kappa shape index (κ2) is 6.44. The topological polar surface area (TPSA) is 18.5 Å². The molecule has 2 aromatic rings. The minimum absolute atomic E-state index is 0.197. The van der Waals surface area contributed by atoms with Gasteiger partial charge in [0.05, 0.1) is 0 Å². The number of rotatable bonds is 4. The van der Waals surface area contributed by atoms with Crippen molar-refractivity contribution >= 4 is 31.9 Å².